The van der Waals surface area contributed by atoms with Crippen LogP contribution >= 0.6 is 0 Å². The molecule has 0 atom stereocenters. The Hall–Kier alpha value is -4.20. The highest BCUT2D eigenvalue weighted by molar-refractivity contribution is 5.99. The summed E-state index contributed by atoms with van der Waals surface area (Å²) in [5.74, 6) is -1.77. The molecule has 0 radical (unpaired) electrons. The summed E-state index contributed by atoms with van der Waals surface area (Å²) >= 11 is 0. The van der Waals surface area contributed by atoms with E-state index in [1.54, 1.807) is 48.5 Å². The maximum atomic E-state index is 12.7. The predicted octanol–water partition coefficient (Wildman–Crippen LogP) is 6.93. The average Bonchev–Trinajstić information content (AvgIpc) is 2.91. The molecule has 3 aromatic carbocycles. The lowest BCUT2D eigenvalue weighted by Gasteiger charge is -2.14. The number of carbonyl (C=O) groups is 2. The van der Waals surface area contributed by atoms with Crippen LogP contribution in [0.25, 0.3) is 11.1 Å². The fourth-order valence-corrected chi connectivity index (χ4v) is 3.74. The lowest BCUT2D eigenvalue weighted by atomic mass is 9.99. The average molecular weight is 492 g/mol. The molecule has 0 aliphatic heterocycles. The number of nitrogens with zero attached hydrogens (tertiary/aromatic N) is 1. The van der Waals surface area contributed by atoms with E-state index in [9.17, 15) is 19.7 Å². The van der Waals surface area contributed by atoms with E-state index < -0.39 is 22.5 Å². The first-order valence-electron chi connectivity index (χ1n) is 12.0. The Labute approximate surface area is 209 Å². The van der Waals surface area contributed by atoms with Gasteiger partial charge in [-0.05, 0) is 36.2 Å². The van der Waals surface area contributed by atoms with Gasteiger partial charge in [0, 0.05) is 0 Å². The minimum Gasteiger partial charge on any atom is -0.493 e. The van der Waals surface area contributed by atoms with Crippen LogP contribution in [-0.4, -0.2) is 23.5 Å². The molecule has 0 bridgehead atoms. The Morgan fingerprint density at radius 2 is 1.39 bits per heavy atom. The summed E-state index contributed by atoms with van der Waals surface area (Å²) in [6.07, 6.45) is 6.45. The Balaban J connectivity index is 1.83. The molecule has 0 saturated heterocycles. The number of rotatable bonds is 12. The van der Waals surface area contributed by atoms with Gasteiger partial charge in [-0.2, -0.15) is 0 Å². The van der Waals surface area contributed by atoms with Crippen LogP contribution in [0.4, 0.5) is 5.69 Å². The molecule has 8 heteroatoms. The van der Waals surface area contributed by atoms with Crippen LogP contribution in [0.15, 0.2) is 72.8 Å². The summed E-state index contributed by atoms with van der Waals surface area (Å²) in [5, 5.41) is 12.1. The monoisotopic (exact) mass is 491 g/mol. The molecule has 0 N–H and O–H groups in total. The summed E-state index contributed by atoms with van der Waals surface area (Å²) in [6, 6.07) is 19.4. The van der Waals surface area contributed by atoms with Gasteiger partial charge < -0.3 is 4.74 Å². The topological polar surface area (TPSA) is 105 Å². The van der Waals surface area contributed by atoms with Gasteiger partial charge in [0.05, 0.1) is 17.1 Å². The highest BCUT2D eigenvalue weighted by atomic mass is 17.2. The van der Waals surface area contributed by atoms with Crippen molar-refractivity contribution < 1.29 is 29.0 Å². The van der Waals surface area contributed by atoms with Crippen molar-refractivity contribution in [1.29, 1.82) is 0 Å². The molecular weight excluding hydrogens is 462 g/mol. The molecule has 36 heavy (non-hydrogen) atoms. The van der Waals surface area contributed by atoms with Crippen molar-refractivity contribution in [1.82, 2.24) is 0 Å². The summed E-state index contributed by atoms with van der Waals surface area (Å²) in [7, 11) is 0. The maximum absolute atomic E-state index is 12.7. The van der Waals surface area contributed by atoms with E-state index in [1.165, 1.54) is 43.5 Å². The number of hydrogen-bond donors (Lipinski definition) is 0. The molecule has 0 unspecified atom stereocenters. The van der Waals surface area contributed by atoms with Gasteiger partial charge in [-0.25, -0.2) is 19.4 Å². The van der Waals surface area contributed by atoms with Crippen LogP contribution in [0.1, 0.15) is 66.2 Å². The minimum absolute atomic E-state index is 0.162. The molecule has 3 aromatic rings. The first-order chi connectivity index (χ1) is 17.5. The molecule has 8 nitrogen and oxygen atoms in total. The number of nitro benzene ring substituents is 1. The number of carbonyl (C=O) groups excluding carboxylic acids is 2. The smallest absolute Gasteiger partial charge is 0.393 e. The standard InChI is InChI=1S/C28H29NO7/c1-2-3-4-5-6-13-20-34-24-19-18-23(26(29(32)33)25(24)21-14-9-7-10-15-21)28(31)36-35-27(30)22-16-11-8-12-17-22/h7-12,14-19H,2-6,13,20H2,1H3. The second-order valence-corrected chi connectivity index (χ2v) is 8.18. The van der Waals surface area contributed by atoms with E-state index >= 15 is 0 Å². The lowest BCUT2D eigenvalue weighted by molar-refractivity contribution is -0.384. The Morgan fingerprint density at radius 1 is 0.778 bits per heavy atom. The molecule has 0 aliphatic carbocycles. The van der Waals surface area contributed by atoms with Crippen molar-refractivity contribution in [3.05, 3.63) is 94.0 Å². The van der Waals surface area contributed by atoms with Crippen LogP contribution in [0.2, 0.25) is 0 Å². The van der Waals surface area contributed by atoms with E-state index in [2.05, 4.69) is 16.7 Å². The second kappa shape index (κ2) is 13.6. The molecule has 0 aliphatic rings. The lowest BCUT2D eigenvalue weighted by Crippen LogP contribution is -2.14. The van der Waals surface area contributed by atoms with Crippen molar-refractivity contribution in [2.45, 2.75) is 45.4 Å². The largest absolute Gasteiger partial charge is 0.493 e. The van der Waals surface area contributed by atoms with Gasteiger partial charge in [0.25, 0.3) is 5.69 Å². The molecule has 0 aromatic heterocycles. The molecule has 0 saturated carbocycles. The molecule has 188 valence electrons. The van der Waals surface area contributed by atoms with Crippen LogP contribution in [-0.2, 0) is 9.78 Å². The maximum Gasteiger partial charge on any atom is 0.393 e. The Morgan fingerprint density at radius 3 is 2.06 bits per heavy atom. The first kappa shape index (κ1) is 26.4. The van der Waals surface area contributed by atoms with E-state index in [0.29, 0.717) is 17.9 Å². The van der Waals surface area contributed by atoms with Gasteiger partial charge in [0.15, 0.2) is 0 Å². The van der Waals surface area contributed by atoms with Crippen molar-refractivity contribution in [3.8, 4) is 16.9 Å². The van der Waals surface area contributed by atoms with E-state index in [-0.39, 0.29) is 16.7 Å². The van der Waals surface area contributed by atoms with Crippen molar-refractivity contribution >= 4 is 17.6 Å². The number of ether oxygens (including phenoxy) is 1. The van der Waals surface area contributed by atoms with Gasteiger partial charge in [-0.15, -0.1) is 0 Å². The number of hydrogen-bond acceptors (Lipinski definition) is 7. The zero-order valence-corrected chi connectivity index (χ0v) is 20.2. The van der Waals surface area contributed by atoms with E-state index in [0.717, 1.165) is 19.3 Å². The highest BCUT2D eigenvalue weighted by Gasteiger charge is 2.31. The van der Waals surface area contributed by atoms with Gasteiger partial charge >= 0.3 is 11.9 Å². The van der Waals surface area contributed by atoms with E-state index in [4.69, 9.17) is 4.74 Å². The fourth-order valence-electron chi connectivity index (χ4n) is 3.74. The molecule has 0 amide bonds. The normalized spacial score (nSPS) is 10.5. The highest BCUT2D eigenvalue weighted by Crippen LogP contribution is 2.41. The van der Waals surface area contributed by atoms with Gasteiger partial charge in [0.1, 0.15) is 16.9 Å². The SMILES string of the molecule is CCCCCCCCOc1ccc(C(=O)OOC(=O)c2ccccc2)c([N+](=O)[O-])c1-c1ccccc1. The van der Waals surface area contributed by atoms with Crippen LogP contribution in [0, 0.1) is 10.1 Å². The number of benzene rings is 3. The van der Waals surface area contributed by atoms with Crippen molar-refractivity contribution in [2.75, 3.05) is 6.61 Å². The van der Waals surface area contributed by atoms with Crippen LogP contribution in [0.5, 0.6) is 5.75 Å². The third kappa shape index (κ3) is 7.15. The first-order valence-corrected chi connectivity index (χ1v) is 12.0. The molecular formula is C28H29NO7. The number of unbranched alkanes of at least 4 members (excludes halogenated alkanes) is 5. The summed E-state index contributed by atoms with van der Waals surface area (Å²) in [6.45, 7) is 2.55. The summed E-state index contributed by atoms with van der Waals surface area (Å²) in [5.41, 5.74) is 0.00532. The number of nitro groups is 1. The molecule has 0 spiro atoms. The Kier molecular flexibility index (Phi) is 10.00. The minimum atomic E-state index is -1.16. The zero-order chi connectivity index (χ0) is 25.8. The zero-order valence-electron chi connectivity index (χ0n) is 20.2. The van der Waals surface area contributed by atoms with E-state index in [1.807, 2.05) is 0 Å². The quantitative estimate of drug-likeness (QED) is 0.117. The summed E-state index contributed by atoms with van der Waals surface area (Å²) < 4.78 is 5.94. The van der Waals surface area contributed by atoms with Crippen LogP contribution < -0.4 is 4.74 Å². The molecule has 0 fully saturated rings. The fraction of sp³-hybridized carbons (Fsp3) is 0.286. The third-order valence-electron chi connectivity index (χ3n) is 5.56. The van der Waals surface area contributed by atoms with Crippen molar-refractivity contribution in [2.24, 2.45) is 0 Å². The van der Waals surface area contributed by atoms with Crippen molar-refractivity contribution in [3.63, 3.8) is 0 Å². The van der Waals surface area contributed by atoms with Gasteiger partial charge in [-0.3, -0.25) is 10.1 Å². The molecule has 3 rings (SSSR count). The summed E-state index contributed by atoms with van der Waals surface area (Å²) in [4.78, 5) is 45.7. The predicted molar refractivity (Wildman–Crippen MR) is 135 cm³/mol. The molecule has 0 heterocycles. The van der Waals surface area contributed by atoms with Gasteiger partial charge in [-0.1, -0.05) is 87.6 Å². The second-order valence-electron chi connectivity index (χ2n) is 8.18. The Bertz CT molecular complexity index is 1160. The van der Waals surface area contributed by atoms with Gasteiger partial charge in [0.2, 0.25) is 0 Å². The van der Waals surface area contributed by atoms with Crippen LogP contribution in [0.3, 0.4) is 0 Å². The third-order valence-corrected chi connectivity index (χ3v) is 5.56.